The van der Waals surface area contributed by atoms with Gasteiger partial charge in [0.1, 0.15) is 0 Å². The fraction of sp³-hybridized carbons (Fsp3) is 0.105. The average molecular weight is 316 g/mol. The molecule has 0 aliphatic carbocycles. The van der Waals surface area contributed by atoms with Crippen LogP contribution in [0.1, 0.15) is 32.6 Å². The van der Waals surface area contributed by atoms with Crippen molar-refractivity contribution in [2.24, 2.45) is 5.73 Å². The van der Waals surface area contributed by atoms with E-state index < -0.39 is 5.91 Å². The minimum absolute atomic E-state index is 0.410. The van der Waals surface area contributed by atoms with Gasteiger partial charge in [0.2, 0.25) is 0 Å². The van der Waals surface area contributed by atoms with Crippen molar-refractivity contribution in [1.29, 1.82) is 5.26 Å². The first-order chi connectivity index (χ1) is 11.6. The lowest BCUT2D eigenvalue weighted by molar-refractivity contribution is 0.1000. The molecule has 1 aromatic heterocycles. The van der Waals surface area contributed by atoms with E-state index in [1.165, 1.54) is 17.3 Å². The smallest absolute Gasteiger partial charge is 0.251 e. The van der Waals surface area contributed by atoms with E-state index >= 15 is 0 Å². The number of carbonyl (C=O) groups excluding carboxylic acids is 1. The second-order valence-corrected chi connectivity index (χ2v) is 5.59. The number of hydrogen-bond acceptors (Lipinski definition) is 3. The number of hydrogen-bond donors (Lipinski definition) is 1. The van der Waals surface area contributed by atoms with Gasteiger partial charge in [0.15, 0.2) is 0 Å². The van der Waals surface area contributed by atoms with Crippen molar-refractivity contribution < 1.29 is 4.79 Å². The van der Waals surface area contributed by atoms with Crippen molar-refractivity contribution >= 4 is 5.91 Å². The summed E-state index contributed by atoms with van der Waals surface area (Å²) < 4.78 is 1.69. The Morgan fingerprint density at radius 1 is 1.04 bits per heavy atom. The molecule has 3 rings (SSSR count). The Labute approximate surface area is 140 Å². The highest BCUT2D eigenvalue weighted by molar-refractivity contribution is 5.92. The highest BCUT2D eigenvalue weighted by Gasteiger charge is 2.04. The second-order valence-electron chi connectivity index (χ2n) is 5.59. The van der Waals surface area contributed by atoms with Crippen LogP contribution in [0.2, 0.25) is 0 Å². The molecule has 118 valence electrons. The van der Waals surface area contributed by atoms with Gasteiger partial charge in [0.05, 0.1) is 29.9 Å². The van der Waals surface area contributed by atoms with E-state index in [1.54, 1.807) is 10.9 Å². The normalized spacial score (nSPS) is 10.3. The second kappa shape index (κ2) is 6.80. The van der Waals surface area contributed by atoms with E-state index in [-0.39, 0.29) is 0 Å². The van der Waals surface area contributed by atoms with Gasteiger partial charge in [-0.25, -0.2) is 0 Å². The quantitative estimate of drug-likeness (QED) is 0.784. The van der Waals surface area contributed by atoms with E-state index in [2.05, 4.69) is 23.3 Å². The number of rotatable bonds is 5. The Balaban J connectivity index is 1.66. The summed E-state index contributed by atoms with van der Waals surface area (Å²) >= 11 is 0. The molecule has 3 aromatic rings. The van der Waals surface area contributed by atoms with Crippen molar-refractivity contribution in [3.63, 3.8) is 0 Å². The van der Waals surface area contributed by atoms with Gasteiger partial charge in [0, 0.05) is 6.20 Å². The molecule has 0 aliphatic rings. The number of nitriles is 1. The van der Waals surface area contributed by atoms with Crippen LogP contribution in [0.15, 0.2) is 60.9 Å². The number of carbonyl (C=O) groups is 1. The zero-order valence-electron chi connectivity index (χ0n) is 13.0. The van der Waals surface area contributed by atoms with Crippen molar-refractivity contribution in [3.8, 4) is 6.07 Å². The summed E-state index contributed by atoms with van der Waals surface area (Å²) in [6.07, 6.45) is 3.94. The minimum atomic E-state index is -0.473. The molecule has 1 heterocycles. The summed E-state index contributed by atoms with van der Waals surface area (Å²) in [5.74, 6) is -0.473. The monoisotopic (exact) mass is 316 g/mol. The fourth-order valence-corrected chi connectivity index (χ4v) is 2.46. The van der Waals surface area contributed by atoms with E-state index in [0.717, 1.165) is 12.0 Å². The molecule has 0 bridgehead atoms. The lowest BCUT2D eigenvalue weighted by Crippen LogP contribution is -2.09. The van der Waals surface area contributed by atoms with E-state index in [0.29, 0.717) is 17.7 Å². The lowest BCUT2D eigenvalue weighted by Gasteiger charge is -2.05. The number of aromatic nitrogens is 2. The molecule has 0 fully saturated rings. The molecule has 0 radical (unpaired) electrons. The average Bonchev–Trinajstić information content (AvgIpc) is 3.06. The molecule has 0 saturated heterocycles. The molecular formula is C19H16N4O. The Morgan fingerprint density at radius 2 is 1.62 bits per heavy atom. The summed E-state index contributed by atoms with van der Waals surface area (Å²) in [5.41, 5.74) is 9.76. The Hall–Kier alpha value is -3.39. The van der Waals surface area contributed by atoms with Crippen LogP contribution in [0.25, 0.3) is 0 Å². The summed E-state index contributed by atoms with van der Waals surface area (Å²) in [4.78, 5) is 11.1. The predicted octanol–water partition coefficient (Wildman–Crippen LogP) is 2.49. The molecule has 5 heteroatoms. The predicted molar refractivity (Wildman–Crippen MR) is 90.3 cm³/mol. The van der Waals surface area contributed by atoms with Gasteiger partial charge in [-0.2, -0.15) is 10.4 Å². The maximum atomic E-state index is 11.1. The summed E-state index contributed by atoms with van der Waals surface area (Å²) in [5, 5.41) is 12.9. The van der Waals surface area contributed by atoms with Crippen LogP contribution in [-0.2, 0) is 13.0 Å². The van der Waals surface area contributed by atoms with Crippen molar-refractivity contribution in [3.05, 3.63) is 88.7 Å². The van der Waals surface area contributed by atoms with Crippen LogP contribution in [0, 0.1) is 11.3 Å². The van der Waals surface area contributed by atoms with Crippen LogP contribution in [0.3, 0.4) is 0 Å². The summed E-state index contributed by atoms with van der Waals surface area (Å²) in [7, 11) is 0. The standard InChI is InChI=1S/C19H16N4O/c20-10-16-5-1-14(2-6-16)9-15-3-7-17(8-4-15)12-23-13-18(11-22-23)19(21)24/h1-8,11,13H,9,12H2,(H2,21,24). The molecule has 5 nitrogen and oxygen atoms in total. The topological polar surface area (TPSA) is 84.7 Å². The number of nitrogens with two attached hydrogens (primary N) is 1. The summed E-state index contributed by atoms with van der Waals surface area (Å²) in [6, 6.07) is 18.0. The molecule has 0 atom stereocenters. The first kappa shape index (κ1) is 15.5. The molecular weight excluding hydrogens is 300 g/mol. The van der Waals surface area contributed by atoms with E-state index in [1.807, 2.05) is 36.4 Å². The summed E-state index contributed by atoms with van der Waals surface area (Å²) in [6.45, 7) is 0.588. The molecule has 1 amide bonds. The first-order valence-electron chi connectivity index (χ1n) is 7.53. The number of primary amides is 1. The largest absolute Gasteiger partial charge is 0.366 e. The van der Waals surface area contributed by atoms with Crippen LogP contribution < -0.4 is 5.73 Å². The van der Waals surface area contributed by atoms with Crippen LogP contribution in [0.4, 0.5) is 0 Å². The molecule has 0 aliphatic heterocycles. The van der Waals surface area contributed by atoms with Gasteiger partial charge in [-0.05, 0) is 35.2 Å². The van der Waals surface area contributed by atoms with Gasteiger partial charge in [-0.15, -0.1) is 0 Å². The number of nitrogens with zero attached hydrogens (tertiary/aromatic N) is 3. The highest BCUT2D eigenvalue weighted by atomic mass is 16.1. The minimum Gasteiger partial charge on any atom is -0.366 e. The SMILES string of the molecule is N#Cc1ccc(Cc2ccc(Cn3cc(C(N)=O)cn3)cc2)cc1. The Bertz CT molecular complexity index is 886. The molecule has 2 aromatic carbocycles. The third-order valence-electron chi connectivity index (χ3n) is 3.78. The van der Waals surface area contributed by atoms with Gasteiger partial charge in [0.25, 0.3) is 5.91 Å². The third kappa shape index (κ3) is 3.68. The van der Waals surface area contributed by atoms with Gasteiger partial charge in [-0.3, -0.25) is 9.48 Å². The Kier molecular flexibility index (Phi) is 4.39. The van der Waals surface area contributed by atoms with Crippen LogP contribution in [-0.4, -0.2) is 15.7 Å². The van der Waals surface area contributed by atoms with Crippen LogP contribution >= 0.6 is 0 Å². The Morgan fingerprint density at radius 3 is 2.17 bits per heavy atom. The highest BCUT2D eigenvalue weighted by Crippen LogP contribution is 2.13. The van der Waals surface area contributed by atoms with Gasteiger partial charge >= 0.3 is 0 Å². The van der Waals surface area contributed by atoms with Crippen molar-refractivity contribution in [2.45, 2.75) is 13.0 Å². The maximum absolute atomic E-state index is 11.1. The molecule has 2 N–H and O–H groups in total. The zero-order valence-corrected chi connectivity index (χ0v) is 13.0. The maximum Gasteiger partial charge on any atom is 0.251 e. The van der Waals surface area contributed by atoms with E-state index in [4.69, 9.17) is 11.0 Å². The molecule has 24 heavy (non-hydrogen) atoms. The number of amides is 1. The number of benzene rings is 2. The molecule has 0 spiro atoms. The third-order valence-corrected chi connectivity index (χ3v) is 3.78. The molecule has 0 unspecified atom stereocenters. The molecule has 0 saturated carbocycles. The van der Waals surface area contributed by atoms with Gasteiger partial charge < -0.3 is 5.73 Å². The van der Waals surface area contributed by atoms with Crippen molar-refractivity contribution in [2.75, 3.05) is 0 Å². The lowest BCUT2D eigenvalue weighted by atomic mass is 10.0. The van der Waals surface area contributed by atoms with E-state index in [9.17, 15) is 4.79 Å². The van der Waals surface area contributed by atoms with Gasteiger partial charge in [-0.1, -0.05) is 36.4 Å². The zero-order chi connectivity index (χ0) is 16.9. The van der Waals surface area contributed by atoms with Crippen LogP contribution in [0.5, 0.6) is 0 Å². The van der Waals surface area contributed by atoms with Crippen molar-refractivity contribution in [1.82, 2.24) is 9.78 Å². The fourth-order valence-electron chi connectivity index (χ4n) is 2.46. The first-order valence-corrected chi connectivity index (χ1v) is 7.53.